The van der Waals surface area contributed by atoms with Crippen LogP contribution in [0.25, 0.3) is 17.2 Å². The van der Waals surface area contributed by atoms with Crippen molar-refractivity contribution in [3.63, 3.8) is 0 Å². The molecular formula is C21H24. The highest BCUT2D eigenvalue weighted by Gasteiger charge is 2.26. The minimum atomic E-state index is 0.626. The summed E-state index contributed by atoms with van der Waals surface area (Å²) in [4.78, 5) is 0. The van der Waals surface area contributed by atoms with Gasteiger partial charge in [-0.15, -0.1) is 0 Å². The van der Waals surface area contributed by atoms with E-state index in [-0.39, 0.29) is 0 Å². The van der Waals surface area contributed by atoms with Crippen LogP contribution in [0.2, 0.25) is 0 Å². The van der Waals surface area contributed by atoms with Crippen molar-refractivity contribution in [3.8, 4) is 11.1 Å². The summed E-state index contributed by atoms with van der Waals surface area (Å²) in [6.45, 7) is 4.58. The Labute approximate surface area is 128 Å². The Morgan fingerprint density at radius 3 is 2.38 bits per heavy atom. The van der Waals surface area contributed by atoms with E-state index in [2.05, 4.69) is 68.5 Å². The topological polar surface area (TPSA) is 0 Å². The third-order valence-electron chi connectivity index (χ3n) is 4.48. The molecule has 0 nitrogen and oxygen atoms in total. The lowest BCUT2D eigenvalue weighted by atomic mass is 9.85. The van der Waals surface area contributed by atoms with Gasteiger partial charge >= 0.3 is 0 Å². The van der Waals surface area contributed by atoms with Crippen LogP contribution in [0.15, 0.2) is 54.1 Å². The molecule has 1 unspecified atom stereocenters. The van der Waals surface area contributed by atoms with Gasteiger partial charge in [-0.25, -0.2) is 0 Å². The summed E-state index contributed by atoms with van der Waals surface area (Å²) >= 11 is 0. The Bertz CT molecular complexity index is 634. The molecule has 108 valence electrons. The number of fused-ring (bicyclic) bond motifs is 1. The average Bonchev–Trinajstić information content (AvgIpc) is 2.87. The van der Waals surface area contributed by atoms with E-state index < -0.39 is 0 Å². The van der Waals surface area contributed by atoms with Gasteiger partial charge in [0.1, 0.15) is 0 Å². The van der Waals surface area contributed by atoms with E-state index in [1.54, 1.807) is 11.1 Å². The molecule has 0 aromatic heterocycles. The fraction of sp³-hybridized carbons (Fsp3) is 0.333. The SMILES string of the molecule is CCCC1=Cc2cccc(-c3ccccc3)c2C1CCC. The molecule has 1 aliphatic rings. The van der Waals surface area contributed by atoms with Crippen LogP contribution in [0.4, 0.5) is 0 Å². The average molecular weight is 276 g/mol. The molecule has 21 heavy (non-hydrogen) atoms. The lowest BCUT2D eigenvalue weighted by Crippen LogP contribution is -2.01. The first-order valence-corrected chi connectivity index (χ1v) is 8.24. The number of benzene rings is 2. The first-order valence-electron chi connectivity index (χ1n) is 8.24. The second-order valence-corrected chi connectivity index (χ2v) is 5.99. The maximum Gasteiger partial charge on any atom is 0.00634 e. The van der Waals surface area contributed by atoms with Crippen molar-refractivity contribution >= 4 is 6.08 Å². The van der Waals surface area contributed by atoms with Crippen LogP contribution in [0.3, 0.4) is 0 Å². The van der Waals surface area contributed by atoms with Crippen LogP contribution in [-0.4, -0.2) is 0 Å². The zero-order valence-electron chi connectivity index (χ0n) is 13.1. The number of rotatable bonds is 5. The van der Waals surface area contributed by atoms with E-state index in [1.807, 2.05) is 0 Å². The van der Waals surface area contributed by atoms with Gasteiger partial charge in [-0.05, 0) is 35.1 Å². The van der Waals surface area contributed by atoms with Gasteiger partial charge in [-0.2, -0.15) is 0 Å². The van der Waals surface area contributed by atoms with E-state index in [1.165, 1.54) is 42.4 Å². The zero-order valence-corrected chi connectivity index (χ0v) is 13.1. The van der Waals surface area contributed by atoms with Crippen molar-refractivity contribution in [2.45, 2.75) is 45.4 Å². The van der Waals surface area contributed by atoms with Gasteiger partial charge in [0.15, 0.2) is 0 Å². The Morgan fingerprint density at radius 1 is 0.857 bits per heavy atom. The van der Waals surface area contributed by atoms with E-state index in [0.29, 0.717) is 5.92 Å². The predicted molar refractivity (Wildman–Crippen MR) is 92.4 cm³/mol. The summed E-state index contributed by atoms with van der Waals surface area (Å²) < 4.78 is 0. The number of hydrogen-bond acceptors (Lipinski definition) is 0. The molecule has 3 rings (SSSR count). The van der Waals surface area contributed by atoms with Gasteiger partial charge in [0.05, 0.1) is 0 Å². The molecule has 0 N–H and O–H groups in total. The lowest BCUT2D eigenvalue weighted by molar-refractivity contribution is 0.668. The Balaban J connectivity index is 2.08. The van der Waals surface area contributed by atoms with Crippen LogP contribution in [-0.2, 0) is 0 Å². The quantitative estimate of drug-likeness (QED) is 0.590. The van der Waals surface area contributed by atoms with Gasteiger partial charge in [0, 0.05) is 5.92 Å². The number of allylic oxidation sites excluding steroid dienone is 1. The van der Waals surface area contributed by atoms with Gasteiger partial charge in [0.25, 0.3) is 0 Å². The third-order valence-corrected chi connectivity index (χ3v) is 4.48. The summed E-state index contributed by atoms with van der Waals surface area (Å²) in [6.07, 6.45) is 7.43. The number of hydrogen-bond donors (Lipinski definition) is 0. The summed E-state index contributed by atoms with van der Waals surface area (Å²) in [5, 5.41) is 0. The minimum absolute atomic E-state index is 0.626. The monoisotopic (exact) mass is 276 g/mol. The van der Waals surface area contributed by atoms with E-state index in [0.717, 1.165) is 0 Å². The van der Waals surface area contributed by atoms with E-state index in [9.17, 15) is 0 Å². The summed E-state index contributed by atoms with van der Waals surface area (Å²) in [6, 6.07) is 17.6. The van der Waals surface area contributed by atoms with E-state index >= 15 is 0 Å². The molecule has 1 aliphatic carbocycles. The Morgan fingerprint density at radius 2 is 1.67 bits per heavy atom. The molecule has 2 aromatic carbocycles. The molecule has 1 atom stereocenters. The molecule has 0 saturated carbocycles. The maximum atomic E-state index is 2.45. The molecule has 0 radical (unpaired) electrons. The van der Waals surface area contributed by atoms with Crippen molar-refractivity contribution in [2.24, 2.45) is 0 Å². The highest BCUT2D eigenvalue weighted by atomic mass is 14.3. The lowest BCUT2D eigenvalue weighted by Gasteiger charge is -2.19. The van der Waals surface area contributed by atoms with Crippen LogP contribution in [0.1, 0.15) is 56.6 Å². The van der Waals surface area contributed by atoms with Crippen LogP contribution >= 0.6 is 0 Å². The molecule has 0 amide bonds. The molecular weight excluding hydrogens is 252 g/mol. The molecule has 0 aliphatic heterocycles. The van der Waals surface area contributed by atoms with Gasteiger partial charge < -0.3 is 0 Å². The molecule has 0 heterocycles. The Hall–Kier alpha value is -1.82. The smallest absolute Gasteiger partial charge is 0.00634 e. The van der Waals surface area contributed by atoms with Crippen LogP contribution in [0.5, 0.6) is 0 Å². The second kappa shape index (κ2) is 6.30. The highest BCUT2D eigenvalue weighted by Crippen LogP contribution is 2.45. The van der Waals surface area contributed by atoms with Crippen molar-refractivity contribution in [1.29, 1.82) is 0 Å². The van der Waals surface area contributed by atoms with Gasteiger partial charge in [0.2, 0.25) is 0 Å². The fourth-order valence-electron chi connectivity index (χ4n) is 3.61. The van der Waals surface area contributed by atoms with Crippen LogP contribution < -0.4 is 0 Å². The van der Waals surface area contributed by atoms with Crippen LogP contribution in [0, 0.1) is 0 Å². The van der Waals surface area contributed by atoms with Gasteiger partial charge in [-0.1, -0.05) is 86.9 Å². The third kappa shape index (κ3) is 2.68. The molecule has 2 aromatic rings. The minimum Gasteiger partial charge on any atom is -0.0653 e. The molecule has 0 bridgehead atoms. The molecule has 0 fully saturated rings. The molecule has 0 spiro atoms. The van der Waals surface area contributed by atoms with E-state index in [4.69, 9.17) is 0 Å². The van der Waals surface area contributed by atoms with Crippen molar-refractivity contribution in [1.82, 2.24) is 0 Å². The van der Waals surface area contributed by atoms with Crippen molar-refractivity contribution < 1.29 is 0 Å². The predicted octanol–water partition coefficient (Wildman–Crippen LogP) is 6.43. The Kier molecular flexibility index (Phi) is 4.24. The highest BCUT2D eigenvalue weighted by molar-refractivity contribution is 5.79. The summed E-state index contributed by atoms with van der Waals surface area (Å²) in [7, 11) is 0. The van der Waals surface area contributed by atoms with Crippen molar-refractivity contribution in [3.05, 3.63) is 65.2 Å². The van der Waals surface area contributed by atoms with Gasteiger partial charge in [-0.3, -0.25) is 0 Å². The summed E-state index contributed by atoms with van der Waals surface area (Å²) in [5.41, 5.74) is 7.42. The fourth-order valence-corrected chi connectivity index (χ4v) is 3.61. The maximum absolute atomic E-state index is 2.45. The second-order valence-electron chi connectivity index (χ2n) is 5.99. The normalized spacial score (nSPS) is 16.7. The standard InChI is InChI=1S/C21H24/c1-3-9-17-15-18-13-8-14-20(16-11-6-5-7-12-16)21(18)19(17)10-4-2/h5-8,11-15,19H,3-4,9-10H2,1-2H3. The zero-order chi connectivity index (χ0) is 14.7. The summed E-state index contributed by atoms with van der Waals surface area (Å²) in [5.74, 6) is 0.626. The van der Waals surface area contributed by atoms with Crippen molar-refractivity contribution in [2.75, 3.05) is 0 Å². The molecule has 0 heteroatoms. The first kappa shape index (κ1) is 14.1. The molecule has 0 saturated heterocycles. The first-order chi connectivity index (χ1) is 10.3. The largest absolute Gasteiger partial charge is 0.0653 e.